The molecule has 1 N–H and O–H groups in total. The molecule has 0 spiro atoms. The van der Waals surface area contributed by atoms with Crippen molar-refractivity contribution in [3.63, 3.8) is 0 Å². The largest absolute Gasteiger partial charge is 0.423 e. The summed E-state index contributed by atoms with van der Waals surface area (Å²) < 4.78 is 5.51. The number of benzene rings is 1. The minimum atomic E-state index is -0.437. The molecule has 0 saturated carbocycles. The van der Waals surface area contributed by atoms with Gasteiger partial charge >= 0.3 is 0 Å². The molecule has 1 aromatic carbocycles. The lowest BCUT2D eigenvalue weighted by atomic mass is 10.2. The van der Waals surface area contributed by atoms with Crippen molar-refractivity contribution in [1.29, 1.82) is 0 Å². The Morgan fingerprint density at radius 1 is 1.50 bits per heavy atom. The molecule has 1 saturated heterocycles. The Morgan fingerprint density at radius 3 is 3.15 bits per heavy atom. The summed E-state index contributed by atoms with van der Waals surface area (Å²) in [5, 5.41) is 14.5. The van der Waals surface area contributed by atoms with E-state index in [0.717, 1.165) is 6.54 Å². The fourth-order valence-corrected chi connectivity index (χ4v) is 3.51. The Labute approximate surface area is 120 Å². The molecule has 1 fully saturated rings. The molecular weight excluding hydrogens is 278 g/mol. The minimum Gasteiger partial charge on any atom is -0.423 e. The van der Waals surface area contributed by atoms with Gasteiger partial charge in [0.1, 0.15) is 5.52 Å². The van der Waals surface area contributed by atoms with Crippen LogP contribution in [0, 0.1) is 10.1 Å². The number of non-ortho nitro benzene ring substituents is 1. The van der Waals surface area contributed by atoms with E-state index >= 15 is 0 Å². The van der Waals surface area contributed by atoms with Crippen LogP contribution >= 0.6 is 11.8 Å². The summed E-state index contributed by atoms with van der Waals surface area (Å²) in [7, 11) is 0. The Kier molecular flexibility index (Phi) is 3.77. The number of anilines is 1. The summed E-state index contributed by atoms with van der Waals surface area (Å²) >= 11 is 1.97. The molecule has 1 atom stereocenters. The highest BCUT2D eigenvalue weighted by molar-refractivity contribution is 7.99. The summed E-state index contributed by atoms with van der Waals surface area (Å²) in [5.41, 5.74) is 1.09. The van der Waals surface area contributed by atoms with Gasteiger partial charge in [0.05, 0.1) is 11.0 Å². The molecule has 7 heteroatoms. The Bertz CT molecular complexity index is 622. The second-order valence-electron chi connectivity index (χ2n) is 4.80. The van der Waals surface area contributed by atoms with Crippen molar-refractivity contribution in [1.82, 2.24) is 4.98 Å². The maximum atomic E-state index is 10.7. The van der Waals surface area contributed by atoms with Crippen LogP contribution in [-0.4, -0.2) is 27.5 Å². The number of oxazole rings is 1. The van der Waals surface area contributed by atoms with Gasteiger partial charge < -0.3 is 9.73 Å². The van der Waals surface area contributed by atoms with Crippen molar-refractivity contribution in [2.75, 3.05) is 17.6 Å². The van der Waals surface area contributed by atoms with Gasteiger partial charge in [-0.3, -0.25) is 10.1 Å². The average molecular weight is 293 g/mol. The molecule has 0 bridgehead atoms. The number of fused-ring (bicyclic) bond motifs is 1. The molecular formula is C13H15N3O3S. The van der Waals surface area contributed by atoms with Crippen LogP contribution in [-0.2, 0) is 0 Å². The molecule has 2 heterocycles. The van der Waals surface area contributed by atoms with E-state index < -0.39 is 4.92 Å². The molecule has 1 aliphatic rings. The van der Waals surface area contributed by atoms with Gasteiger partial charge in [0.2, 0.25) is 0 Å². The zero-order valence-corrected chi connectivity index (χ0v) is 11.7. The first-order chi connectivity index (χ1) is 9.72. The molecule has 0 aliphatic carbocycles. The van der Waals surface area contributed by atoms with Gasteiger partial charge in [-0.2, -0.15) is 16.7 Å². The lowest BCUT2D eigenvalue weighted by Crippen LogP contribution is -2.20. The molecule has 2 aromatic rings. The standard InChI is InChI=1S/C13H15N3O3S/c17-16(18)9-4-5-11-12(7-9)19-13(15-11)14-8-10-3-1-2-6-20-10/h4-5,7,10H,1-3,6,8H2,(H,14,15). The second kappa shape index (κ2) is 5.70. The number of hydrogen-bond acceptors (Lipinski definition) is 6. The lowest BCUT2D eigenvalue weighted by molar-refractivity contribution is -0.384. The molecule has 106 valence electrons. The smallest absolute Gasteiger partial charge is 0.295 e. The molecule has 0 amide bonds. The van der Waals surface area contributed by atoms with Gasteiger partial charge in [0.15, 0.2) is 5.58 Å². The van der Waals surface area contributed by atoms with Gasteiger partial charge in [-0.25, -0.2) is 0 Å². The van der Waals surface area contributed by atoms with E-state index in [9.17, 15) is 10.1 Å². The second-order valence-corrected chi connectivity index (χ2v) is 6.21. The zero-order valence-electron chi connectivity index (χ0n) is 10.9. The summed E-state index contributed by atoms with van der Waals surface area (Å²) in [5.74, 6) is 1.21. The number of hydrogen-bond donors (Lipinski definition) is 1. The van der Waals surface area contributed by atoms with Gasteiger partial charge in [0.25, 0.3) is 11.7 Å². The van der Waals surface area contributed by atoms with Gasteiger partial charge in [-0.1, -0.05) is 6.42 Å². The predicted octanol–water partition coefficient (Wildman–Crippen LogP) is 3.43. The van der Waals surface area contributed by atoms with Crippen molar-refractivity contribution in [2.45, 2.75) is 24.5 Å². The topological polar surface area (TPSA) is 81.2 Å². The number of nitrogens with one attached hydrogen (secondary N) is 1. The molecule has 6 nitrogen and oxygen atoms in total. The van der Waals surface area contributed by atoms with Crippen LogP contribution in [0.4, 0.5) is 11.7 Å². The first-order valence-electron chi connectivity index (χ1n) is 6.63. The van der Waals surface area contributed by atoms with E-state index in [1.165, 1.54) is 37.1 Å². The van der Waals surface area contributed by atoms with Crippen molar-refractivity contribution >= 4 is 34.6 Å². The van der Waals surface area contributed by atoms with Crippen LogP contribution in [0.5, 0.6) is 0 Å². The minimum absolute atomic E-state index is 0.0167. The summed E-state index contributed by atoms with van der Waals surface area (Å²) in [6, 6.07) is 4.89. The quantitative estimate of drug-likeness (QED) is 0.687. The van der Waals surface area contributed by atoms with E-state index in [0.29, 0.717) is 22.4 Å². The fraction of sp³-hybridized carbons (Fsp3) is 0.462. The van der Waals surface area contributed by atoms with E-state index in [2.05, 4.69) is 10.3 Å². The van der Waals surface area contributed by atoms with Crippen LogP contribution in [0.25, 0.3) is 11.1 Å². The summed E-state index contributed by atoms with van der Waals surface area (Å²) in [6.07, 6.45) is 3.79. The van der Waals surface area contributed by atoms with Gasteiger partial charge in [-0.15, -0.1) is 0 Å². The SMILES string of the molecule is O=[N+]([O-])c1ccc2nc(NCC3CCCCS3)oc2c1. The average Bonchev–Trinajstić information content (AvgIpc) is 2.88. The highest BCUT2D eigenvalue weighted by Crippen LogP contribution is 2.27. The molecule has 1 aromatic heterocycles. The zero-order chi connectivity index (χ0) is 13.9. The predicted molar refractivity (Wildman–Crippen MR) is 79.3 cm³/mol. The van der Waals surface area contributed by atoms with Gasteiger partial charge in [-0.05, 0) is 24.7 Å². The summed E-state index contributed by atoms with van der Waals surface area (Å²) in [6.45, 7) is 0.819. The molecule has 1 unspecified atom stereocenters. The Hall–Kier alpha value is -1.76. The van der Waals surface area contributed by atoms with E-state index in [-0.39, 0.29) is 5.69 Å². The number of nitro benzene ring substituents is 1. The number of rotatable bonds is 4. The van der Waals surface area contributed by atoms with Crippen LogP contribution < -0.4 is 5.32 Å². The van der Waals surface area contributed by atoms with Crippen molar-refractivity contribution in [3.8, 4) is 0 Å². The maximum Gasteiger partial charge on any atom is 0.295 e. The van der Waals surface area contributed by atoms with Crippen molar-refractivity contribution in [3.05, 3.63) is 28.3 Å². The van der Waals surface area contributed by atoms with Crippen LogP contribution in [0.2, 0.25) is 0 Å². The van der Waals surface area contributed by atoms with Crippen LogP contribution in [0.3, 0.4) is 0 Å². The summed E-state index contributed by atoms with van der Waals surface area (Å²) in [4.78, 5) is 14.6. The first kappa shape index (κ1) is 13.2. The van der Waals surface area contributed by atoms with E-state index in [4.69, 9.17) is 4.42 Å². The third-order valence-electron chi connectivity index (χ3n) is 3.34. The van der Waals surface area contributed by atoms with E-state index in [1.807, 2.05) is 11.8 Å². The third kappa shape index (κ3) is 2.87. The highest BCUT2D eigenvalue weighted by Gasteiger charge is 2.15. The monoisotopic (exact) mass is 293 g/mol. The lowest BCUT2D eigenvalue weighted by Gasteiger charge is -2.20. The number of nitro groups is 1. The number of thioether (sulfide) groups is 1. The Balaban J connectivity index is 1.70. The first-order valence-corrected chi connectivity index (χ1v) is 7.68. The normalized spacial score (nSPS) is 19.1. The molecule has 1 aliphatic heterocycles. The maximum absolute atomic E-state index is 10.7. The van der Waals surface area contributed by atoms with Crippen molar-refractivity contribution in [2.24, 2.45) is 0 Å². The van der Waals surface area contributed by atoms with Crippen LogP contribution in [0.1, 0.15) is 19.3 Å². The number of aromatic nitrogens is 1. The van der Waals surface area contributed by atoms with Gasteiger partial charge in [0, 0.05) is 17.9 Å². The fourth-order valence-electron chi connectivity index (χ4n) is 2.27. The molecule has 0 radical (unpaired) electrons. The highest BCUT2D eigenvalue weighted by atomic mass is 32.2. The van der Waals surface area contributed by atoms with Crippen LogP contribution in [0.15, 0.2) is 22.6 Å². The number of nitrogens with zero attached hydrogens (tertiary/aromatic N) is 2. The van der Waals surface area contributed by atoms with E-state index in [1.54, 1.807) is 6.07 Å². The molecule has 20 heavy (non-hydrogen) atoms. The van der Waals surface area contributed by atoms with Crippen molar-refractivity contribution < 1.29 is 9.34 Å². The Morgan fingerprint density at radius 2 is 2.40 bits per heavy atom. The third-order valence-corrected chi connectivity index (χ3v) is 4.74. The molecule has 3 rings (SSSR count).